The van der Waals surface area contributed by atoms with Crippen LogP contribution in [0.4, 0.5) is 13.2 Å². The van der Waals surface area contributed by atoms with Crippen molar-refractivity contribution in [2.24, 2.45) is 0 Å². The molecule has 1 atom stereocenters. The van der Waals surface area contributed by atoms with Crippen molar-refractivity contribution < 1.29 is 22.7 Å². The van der Waals surface area contributed by atoms with E-state index in [1.54, 1.807) is 0 Å². The van der Waals surface area contributed by atoms with Crippen LogP contribution in [-0.2, 0) is 9.53 Å². The average molecular weight is 254 g/mol. The maximum atomic E-state index is 11.7. The summed E-state index contributed by atoms with van der Waals surface area (Å²) in [6, 6.07) is 0.218. The van der Waals surface area contributed by atoms with E-state index in [1.165, 1.54) is 0 Å². The molecule has 100 valence electrons. The standard InChI is InChI=1S/C10H17F3N2O2/c11-10(12,13)7-17-5-1-4-14-8-2-3-9(16)15-6-8/h8,14H,1-7H2,(H,15,16). The third kappa shape index (κ3) is 7.17. The van der Waals surface area contributed by atoms with Gasteiger partial charge in [-0.05, 0) is 19.4 Å². The second-order valence-corrected chi connectivity index (χ2v) is 4.02. The van der Waals surface area contributed by atoms with Crippen molar-refractivity contribution in [1.82, 2.24) is 10.6 Å². The van der Waals surface area contributed by atoms with Crippen LogP contribution in [0.25, 0.3) is 0 Å². The highest BCUT2D eigenvalue weighted by molar-refractivity contribution is 5.76. The van der Waals surface area contributed by atoms with Crippen LogP contribution in [0.2, 0.25) is 0 Å². The van der Waals surface area contributed by atoms with Gasteiger partial charge >= 0.3 is 6.18 Å². The summed E-state index contributed by atoms with van der Waals surface area (Å²) in [4.78, 5) is 10.9. The predicted molar refractivity (Wildman–Crippen MR) is 55.5 cm³/mol. The van der Waals surface area contributed by atoms with Gasteiger partial charge in [0.05, 0.1) is 0 Å². The fourth-order valence-corrected chi connectivity index (χ4v) is 1.58. The Morgan fingerprint density at radius 3 is 2.82 bits per heavy atom. The molecule has 0 aliphatic carbocycles. The van der Waals surface area contributed by atoms with E-state index < -0.39 is 12.8 Å². The molecule has 0 aromatic rings. The van der Waals surface area contributed by atoms with E-state index in [1.807, 2.05) is 0 Å². The normalized spacial score (nSPS) is 21.4. The Labute approximate surface area is 97.9 Å². The third-order valence-corrected chi connectivity index (χ3v) is 2.43. The maximum absolute atomic E-state index is 11.7. The highest BCUT2D eigenvalue weighted by atomic mass is 19.4. The fraction of sp³-hybridized carbons (Fsp3) is 0.900. The molecule has 0 bridgehead atoms. The molecule has 17 heavy (non-hydrogen) atoms. The number of carbonyl (C=O) groups is 1. The Morgan fingerprint density at radius 1 is 1.47 bits per heavy atom. The molecule has 4 nitrogen and oxygen atoms in total. The van der Waals surface area contributed by atoms with Crippen LogP contribution in [0.1, 0.15) is 19.3 Å². The van der Waals surface area contributed by atoms with Crippen LogP contribution in [0.3, 0.4) is 0 Å². The molecule has 0 aromatic heterocycles. The van der Waals surface area contributed by atoms with Crippen molar-refractivity contribution in [2.75, 3.05) is 26.3 Å². The zero-order valence-corrected chi connectivity index (χ0v) is 9.48. The van der Waals surface area contributed by atoms with Gasteiger partial charge in [-0.15, -0.1) is 0 Å². The smallest absolute Gasteiger partial charge is 0.372 e. The highest BCUT2D eigenvalue weighted by Gasteiger charge is 2.27. The van der Waals surface area contributed by atoms with Crippen LogP contribution >= 0.6 is 0 Å². The number of carbonyl (C=O) groups excluding carboxylic acids is 1. The van der Waals surface area contributed by atoms with E-state index in [4.69, 9.17) is 0 Å². The first-order valence-corrected chi connectivity index (χ1v) is 5.62. The predicted octanol–water partition coefficient (Wildman–Crippen LogP) is 0.824. The monoisotopic (exact) mass is 254 g/mol. The van der Waals surface area contributed by atoms with Crippen molar-refractivity contribution in [1.29, 1.82) is 0 Å². The molecular formula is C10H17F3N2O2. The van der Waals surface area contributed by atoms with Crippen molar-refractivity contribution in [3.63, 3.8) is 0 Å². The van der Waals surface area contributed by atoms with E-state index in [0.717, 1.165) is 6.42 Å². The van der Waals surface area contributed by atoms with E-state index >= 15 is 0 Å². The molecule has 1 unspecified atom stereocenters. The molecule has 1 saturated heterocycles. The number of halogens is 3. The Bertz CT molecular complexity index is 236. The third-order valence-electron chi connectivity index (χ3n) is 2.43. The number of amides is 1. The number of alkyl halides is 3. The van der Waals surface area contributed by atoms with Gasteiger partial charge in [0.15, 0.2) is 0 Å². The molecule has 0 spiro atoms. The van der Waals surface area contributed by atoms with Gasteiger partial charge in [0.1, 0.15) is 6.61 Å². The van der Waals surface area contributed by atoms with Gasteiger partial charge in [-0.2, -0.15) is 13.2 Å². The van der Waals surface area contributed by atoms with Crippen molar-refractivity contribution >= 4 is 5.91 Å². The summed E-state index contributed by atoms with van der Waals surface area (Å²) < 4.78 is 39.6. The maximum Gasteiger partial charge on any atom is 0.411 e. The second kappa shape index (κ2) is 6.80. The van der Waals surface area contributed by atoms with Gasteiger partial charge in [-0.1, -0.05) is 0 Å². The van der Waals surface area contributed by atoms with Crippen LogP contribution in [0.5, 0.6) is 0 Å². The Kier molecular flexibility index (Phi) is 5.70. The molecule has 1 aliphatic rings. The lowest BCUT2D eigenvalue weighted by atomic mass is 10.1. The van der Waals surface area contributed by atoms with Crippen LogP contribution in [-0.4, -0.2) is 44.4 Å². The van der Waals surface area contributed by atoms with Gasteiger partial charge in [-0.25, -0.2) is 0 Å². The van der Waals surface area contributed by atoms with Gasteiger partial charge in [0.2, 0.25) is 5.91 Å². The molecule has 0 radical (unpaired) electrons. The molecule has 2 N–H and O–H groups in total. The van der Waals surface area contributed by atoms with Gasteiger partial charge in [-0.3, -0.25) is 4.79 Å². The topological polar surface area (TPSA) is 50.4 Å². The molecule has 0 saturated carbocycles. The highest BCUT2D eigenvalue weighted by Crippen LogP contribution is 2.14. The fourth-order valence-electron chi connectivity index (χ4n) is 1.58. The largest absolute Gasteiger partial charge is 0.411 e. The number of piperidine rings is 1. The first-order chi connectivity index (χ1) is 7.97. The van der Waals surface area contributed by atoms with E-state index in [2.05, 4.69) is 15.4 Å². The van der Waals surface area contributed by atoms with Gasteiger partial charge in [0, 0.05) is 25.6 Å². The zero-order chi connectivity index (χ0) is 12.7. The Hall–Kier alpha value is -0.820. The first-order valence-electron chi connectivity index (χ1n) is 5.62. The number of ether oxygens (including phenoxy) is 1. The van der Waals surface area contributed by atoms with Crippen molar-refractivity contribution in [2.45, 2.75) is 31.5 Å². The summed E-state index contributed by atoms with van der Waals surface area (Å²) in [6.07, 6.45) is -2.45. The van der Waals surface area contributed by atoms with Crippen molar-refractivity contribution in [3.8, 4) is 0 Å². The van der Waals surface area contributed by atoms with Crippen LogP contribution in [0.15, 0.2) is 0 Å². The molecule has 1 aliphatic heterocycles. The number of rotatable bonds is 6. The summed E-state index contributed by atoms with van der Waals surface area (Å²) in [7, 11) is 0. The summed E-state index contributed by atoms with van der Waals surface area (Å²) >= 11 is 0. The average Bonchev–Trinajstić information content (AvgIpc) is 2.24. The quantitative estimate of drug-likeness (QED) is 0.690. The lowest BCUT2D eigenvalue weighted by Crippen LogP contribution is -2.46. The minimum atomic E-state index is -4.25. The Balaban J connectivity index is 1.92. The molecular weight excluding hydrogens is 237 g/mol. The minimum Gasteiger partial charge on any atom is -0.372 e. The molecule has 1 rings (SSSR count). The molecule has 1 amide bonds. The summed E-state index contributed by atoms with van der Waals surface area (Å²) in [5.41, 5.74) is 0. The summed E-state index contributed by atoms with van der Waals surface area (Å²) in [5.74, 6) is 0.0524. The number of nitrogens with one attached hydrogen (secondary N) is 2. The van der Waals surface area contributed by atoms with Crippen LogP contribution in [0, 0.1) is 0 Å². The number of hydrogen-bond donors (Lipinski definition) is 2. The zero-order valence-electron chi connectivity index (χ0n) is 9.48. The first kappa shape index (κ1) is 14.2. The SMILES string of the molecule is O=C1CCC(NCCCOCC(F)(F)F)CN1. The molecule has 1 fully saturated rings. The summed E-state index contributed by atoms with van der Waals surface area (Å²) in [6.45, 7) is 0.0821. The number of hydrogen-bond acceptors (Lipinski definition) is 3. The summed E-state index contributed by atoms with van der Waals surface area (Å²) in [5, 5.41) is 5.89. The van der Waals surface area contributed by atoms with E-state index in [0.29, 0.717) is 25.9 Å². The molecule has 7 heteroatoms. The van der Waals surface area contributed by atoms with Gasteiger partial charge < -0.3 is 15.4 Å². The molecule has 0 aromatic carbocycles. The lowest BCUT2D eigenvalue weighted by molar-refractivity contribution is -0.173. The lowest BCUT2D eigenvalue weighted by Gasteiger charge is -2.23. The van der Waals surface area contributed by atoms with Crippen LogP contribution < -0.4 is 10.6 Å². The van der Waals surface area contributed by atoms with Crippen molar-refractivity contribution in [3.05, 3.63) is 0 Å². The second-order valence-electron chi connectivity index (χ2n) is 4.02. The van der Waals surface area contributed by atoms with E-state index in [-0.39, 0.29) is 18.6 Å². The van der Waals surface area contributed by atoms with E-state index in [9.17, 15) is 18.0 Å². The minimum absolute atomic E-state index is 0.0524. The Morgan fingerprint density at radius 2 is 2.24 bits per heavy atom. The molecule has 1 heterocycles. The van der Waals surface area contributed by atoms with Gasteiger partial charge in [0.25, 0.3) is 0 Å².